The molecule has 1 heterocycles. The zero-order valence-electron chi connectivity index (χ0n) is 12.5. The van der Waals surface area contributed by atoms with Crippen molar-refractivity contribution >= 4 is 11.6 Å². The van der Waals surface area contributed by atoms with Crippen LogP contribution in [0.1, 0.15) is 31.7 Å². The van der Waals surface area contributed by atoms with Crippen molar-refractivity contribution in [1.82, 2.24) is 10.2 Å². The standard InChI is InChI=1S/C15H21N3O3/c1-3-15(9-6-10-16-15)14(19)17(2)11-12-7-4-5-8-13(12)18(20)21/h4-5,7-8,16H,3,6,9-11H2,1-2H3. The molecule has 1 fully saturated rings. The lowest BCUT2D eigenvalue weighted by Crippen LogP contribution is -2.53. The van der Waals surface area contributed by atoms with Gasteiger partial charge in [0.05, 0.1) is 17.0 Å². The highest BCUT2D eigenvalue weighted by Crippen LogP contribution is 2.27. The minimum absolute atomic E-state index is 0.0145. The van der Waals surface area contributed by atoms with Crippen molar-refractivity contribution in [2.24, 2.45) is 0 Å². The number of benzene rings is 1. The lowest BCUT2D eigenvalue weighted by Gasteiger charge is -2.31. The Labute approximate surface area is 124 Å². The minimum atomic E-state index is -0.502. The van der Waals surface area contributed by atoms with Crippen LogP contribution >= 0.6 is 0 Å². The molecule has 1 N–H and O–H groups in total. The third-order valence-corrected chi connectivity index (χ3v) is 4.20. The number of nitro benzene ring substituents is 1. The number of para-hydroxylation sites is 1. The average molecular weight is 291 g/mol. The summed E-state index contributed by atoms with van der Waals surface area (Å²) in [6.45, 7) is 3.09. The van der Waals surface area contributed by atoms with E-state index in [1.54, 1.807) is 30.1 Å². The molecule has 0 bridgehead atoms. The molecular weight excluding hydrogens is 270 g/mol. The van der Waals surface area contributed by atoms with E-state index in [0.717, 1.165) is 25.8 Å². The predicted molar refractivity (Wildman–Crippen MR) is 79.8 cm³/mol. The molecule has 6 heteroatoms. The molecule has 6 nitrogen and oxygen atoms in total. The molecular formula is C15H21N3O3. The van der Waals surface area contributed by atoms with Gasteiger partial charge >= 0.3 is 0 Å². The molecule has 0 aromatic heterocycles. The third kappa shape index (κ3) is 3.05. The van der Waals surface area contributed by atoms with E-state index in [9.17, 15) is 14.9 Å². The molecule has 1 unspecified atom stereocenters. The van der Waals surface area contributed by atoms with Crippen molar-refractivity contribution in [2.75, 3.05) is 13.6 Å². The number of amides is 1. The summed E-state index contributed by atoms with van der Waals surface area (Å²) >= 11 is 0. The maximum atomic E-state index is 12.7. The van der Waals surface area contributed by atoms with Gasteiger partial charge in [0, 0.05) is 18.7 Å². The second kappa shape index (κ2) is 6.22. The van der Waals surface area contributed by atoms with Gasteiger partial charge in [-0.2, -0.15) is 0 Å². The van der Waals surface area contributed by atoms with Gasteiger partial charge in [-0.05, 0) is 25.8 Å². The average Bonchev–Trinajstić information content (AvgIpc) is 2.96. The van der Waals surface area contributed by atoms with E-state index >= 15 is 0 Å². The van der Waals surface area contributed by atoms with Crippen LogP contribution in [0.2, 0.25) is 0 Å². The Morgan fingerprint density at radius 3 is 2.76 bits per heavy atom. The Balaban J connectivity index is 2.16. The van der Waals surface area contributed by atoms with Crippen LogP contribution in [0.3, 0.4) is 0 Å². The summed E-state index contributed by atoms with van der Waals surface area (Å²) in [4.78, 5) is 24.9. The van der Waals surface area contributed by atoms with Gasteiger partial charge in [0.15, 0.2) is 0 Å². The van der Waals surface area contributed by atoms with Gasteiger partial charge in [-0.1, -0.05) is 25.1 Å². The molecule has 1 aliphatic heterocycles. The molecule has 1 saturated heterocycles. The van der Waals surface area contributed by atoms with Crippen LogP contribution in [0.25, 0.3) is 0 Å². The summed E-state index contributed by atoms with van der Waals surface area (Å²) in [5, 5.41) is 14.3. The fourth-order valence-electron chi connectivity index (χ4n) is 2.96. The van der Waals surface area contributed by atoms with Gasteiger partial charge in [-0.15, -0.1) is 0 Å². The van der Waals surface area contributed by atoms with Crippen LogP contribution in [0.5, 0.6) is 0 Å². The van der Waals surface area contributed by atoms with Crippen molar-refractivity contribution < 1.29 is 9.72 Å². The number of nitrogens with one attached hydrogen (secondary N) is 1. The number of hydrogen-bond acceptors (Lipinski definition) is 4. The van der Waals surface area contributed by atoms with Gasteiger partial charge in [-0.3, -0.25) is 14.9 Å². The van der Waals surface area contributed by atoms with Gasteiger partial charge in [0.1, 0.15) is 0 Å². The number of likely N-dealkylation sites (N-methyl/N-ethyl adjacent to an activating group) is 1. The Kier molecular flexibility index (Phi) is 4.57. The van der Waals surface area contributed by atoms with Gasteiger partial charge < -0.3 is 10.2 Å². The van der Waals surface area contributed by atoms with E-state index in [4.69, 9.17) is 0 Å². The van der Waals surface area contributed by atoms with E-state index in [2.05, 4.69) is 5.32 Å². The van der Waals surface area contributed by atoms with Crippen molar-refractivity contribution in [2.45, 2.75) is 38.3 Å². The Morgan fingerprint density at radius 2 is 2.19 bits per heavy atom. The molecule has 1 atom stereocenters. The molecule has 1 aromatic rings. The number of nitro groups is 1. The second-order valence-electron chi connectivity index (χ2n) is 5.51. The van der Waals surface area contributed by atoms with E-state index in [1.165, 1.54) is 6.07 Å². The fraction of sp³-hybridized carbons (Fsp3) is 0.533. The molecule has 1 aliphatic rings. The maximum absolute atomic E-state index is 12.7. The molecule has 114 valence electrons. The highest BCUT2D eigenvalue weighted by Gasteiger charge is 2.41. The first kappa shape index (κ1) is 15.4. The van der Waals surface area contributed by atoms with Crippen LogP contribution in [0, 0.1) is 10.1 Å². The molecule has 21 heavy (non-hydrogen) atoms. The van der Waals surface area contributed by atoms with Crippen LogP contribution in [0.4, 0.5) is 5.69 Å². The quantitative estimate of drug-likeness (QED) is 0.665. The number of nitrogens with zero attached hydrogens (tertiary/aromatic N) is 2. The van der Waals surface area contributed by atoms with Crippen LogP contribution < -0.4 is 5.32 Å². The summed E-state index contributed by atoms with van der Waals surface area (Å²) in [7, 11) is 1.70. The van der Waals surface area contributed by atoms with Crippen LogP contribution in [0.15, 0.2) is 24.3 Å². The molecule has 2 rings (SSSR count). The molecule has 0 saturated carbocycles. The maximum Gasteiger partial charge on any atom is 0.274 e. The zero-order chi connectivity index (χ0) is 15.5. The Bertz CT molecular complexity index is 539. The summed E-state index contributed by atoms with van der Waals surface area (Å²) < 4.78 is 0. The fourth-order valence-corrected chi connectivity index (χ4v) is 2.96. The van der Waals surface area contributed by atoms with Crippen molar-refractivity contribution in [1.29, 1.82) is 0 Å². The molecule has 0 spiro atoms. The summed E-state index contributed by atoms with van der Waals surface area (Å²) in [6, 6.07) is 6.55. The van der Waals surface area contributed by atoms with Crippen LogP contribution in [-0.4, -0.2) is 34.9 Å². The van der Waals surface area contributed by atoms with E-state index in [0.29, 0.717) is 5.56 Å². The topological polar surface area (TPSA) is 75.5 Å². The lowest BCUT2D eigenvalue weighted by atomic mass is 9.92. The first-order chi connectivity index (χ1) is 10.00. The molecule has 1 amide bonds. The third-order valence-electron chi connectivity index (χ3n) is 4.20. The Hall–Kier alpha value is -1.95. The van der Waals surface area contributed by atoms with Gasteiger partial charge in [-0.25, -0.2) is 0 Å². The highest BCUT2D eigenvalue weighted by atomic mass is 16.6. The molecule has 0 radical (unpaired) electrons. The number of hydrogen-bond donors (Lipinski definition) is 1. The minimum Gasteiger partial charge on any atom is -0.340 e. The van der Waals surface area contributed by atoms with Crippen molar-refractivity contribution in [3.05, 3.63) is 39.9 Å². The SMILES string of the molecule is CCC1(C(=O)N(C)Cc2ccccc2[N+](=O)[O-])CCCN1. The summed E-state index contributed by atoms with van der Waals surface area (Å²) in [5.74, 6) is 0.0145. The van der Waals surface area contributed by atoms with Gasteiger partial charge in [0.25, 0.3) is 5.69 Å². The van der Waals surface area contributed by atoms with E-state index in [1.807, 2.05) is 6.92 Å². The molecule has 1 aromatic carbocycles. The molecule has 0 aliphatic carbocycles. The van der Waals surface area contributed by atoms with Crippen LogP contribution in [-0.2, 0) is 11.3 Å². The monoisotopic (exact) mass is 291 g/mol. The number of carbonyl (C=O) groups excluding carboxylic acids is 1. The zero-order valence-corrected chi connectivity index (χ0v) is 12.5. The first-order valence-electron chi connectivity index (χ1n) is 7.23. The largest absolute Gasteiger partial charge is 0.340 e. The van der Waals surface area contributed by atoms with Crippen molar-refractivity contribution in [3.63, 3.8) is 0 Å². The smallest absolute Gasteiger partial charge is 0.274 e. The Morgan fingerprint density at radius 1 is 1.48 bits per heavy atom. The summed E-state index contributed by atoms with van der Waals surface area (Å²) in [5.41, 5.74) is 0.114. The predicted octanol–water partition coefficient (Wildman–Crippen LogP) is 2.09. The highest BCUT2D eigenvalue weighted by molar-refractivity contribution is 5.86. The number of rotatable bonds is 5. The van der Waals surface area contributed by atoms with E-state index < -0.39 is 10.5 Å². The number of carbonyl (C=O) groups is 1. The first-order valence-corrected chi connectivity index (χ1v) is 7.23. The second-order valence-corrected chi connectivity index (χ2v) is 5.51. The lowest BCUT2D eigenvalue weighted by molar-refractivity contribution is -0.385. The summed E-state index contributed by atoms with van der Waals surface area (Å²) in [6.07, 6.45) is 2.54. The van der Waals surface area contributed by atoms with Crippen molar-refractivity contribution in [3.8, 4) is 0 Å². The van der Waals surface area contributed by atoms with E-state index in [-0.39, 0.29) is 18.1 Å². The normalized spacial score (nSPS) is 21.2. The van der Waals surface area contributed by atoms with Gasteiger partial charge in [0.2, 0.25) is 5.91 Å².